The summed E-state index contributed by atoms with van der Waals surface area (Å²) in [5.41, 5.74) is 1.10. The molecule has 29 heavy (non-hydrogen) atoms. The topological polar surface area (TPSA) is 71.5 Å². The molecular weight excluding hydrogens is 427 g/mol. The van der Waals surface area contributed by atoms with Gasteiger partial charge in [-0.3, -0.25) is 9.59 Å². The van der Waals surface area contributed by atoms with E-state index in [2.05, 4.69) is 15.0 Å². The molecule has 6 nitrogen and oxygen atoms in total. The van der Waals surface area contributed by atoms with Gasteiger partial charge >= 0.3 is 6.36 Å². The highest BCUT2D eigenvalue weighted by atomic mass is 32.2. The van der Waals surface area contributed by atoms with E-state index in [-0.39, 0.29) is 29.1 Å². The van der Waals surface area contributed by atoms with Crippen LogP contribution in [0.1, 0.15) is 0 Å². The first-order valence-electron chi connectivity index (χ1n) is 8.27. The van der Waals surface area contributed by atoms with Gasteiger partial charge in [0.1, 0.15) is 12.3 Å². The van der Waals surface area contributed by atoms with Crippen LogP contribution in [0.4, 0.5) is 24.0 Å². The number of ether oxygens (including phenoxy) is 1. The van der Waals surface area contributed by atoms with Gasteiger partial charge in [-0.2, -0.15) is 0 Å². The first-order chi connectivity index (χ1) is 13.8. The lowest BCUT2D eigenvalue weighted by atomic mass is 10.2. The number of benzene rings is 2. The van der Waals surface area contributed by atoms with Crippen molar-refractivity contribution in [2.45, 2.75) is 11.3 Å². The van der Waals surface area contributed by atoms with Gasteiger partial charge in [-0.25, -0.2) is 4.98 Å². The van der Waals surface area contributed by atoms with Gasteiger partial charge < -0.3 is 15.0 Å². The number of thioether (sulfide) groups is 1. The Labute approximate surface area is 170 Å². The summed E-state index contributed by atoms with van der Waals surface area (Å²) in [6.07, 6.45) is -4.79. The smallest absolute Gasteiger partial charge is 0.406 e. The van der Waals surface area contributed by atoms with E-state index in [0.717, 1.165) is 22.3 Å². The molecule has 0 atom stereocenters. The summed E-state index contributed by atoms with van der Waals surface area (Å²) in [6.45, 7) is -0.186. The Morgan fingerprint density at radius 1 is 1.24 bits per heavy atom. The van der Waals surface area contributed by atoms with Crippen molar-refractivity contribution in [2.24, 2.45) is 0 Å². The maximum Gasteiger partial charge on any atom is 0.573 e. The van der Waals surface area contributed by atoms with Crippen LogP contribution < -0.4 is 15.0 Å². The number of hydrogen-bond acceptors (Lipinski definition) is 6. The Morgan fingerprint density at radius 3 is 2.83 bits per heavy atom. The molecule has 0 radical (unpaired) electrons. The van der Waals surface area contributed by atoms with Crippen LogP contribution >= 0.6 is 23.1 Å². The van der Waals surface area contributed by atoms with Gasteiger partial charge in [0, 0.05) is 11.0 Å². The fraction of sp³-hybridized carbons (Fsp3) is 0.167. The Balaban J connectivity index is 1.49. The number of nitrogens with zero attached hydrogens (tertiary/aromatic N) is 2. The van der Waals surface area contributed by atoms with E-state index in [9.17, 15) is 22.8 Å². The van der Waals surface area contributed by atoms with Gasteiger partial charge in [0.25, 0.3) is 0 Å². The van der Waals surface area contributed by atoms with Crippen molar-refractivity contribution >= 4 is 55.9 Å². The lowest BCUT2D eigenvalue weighted by Gasteiger charge is -2.28. The molecule has 0 bridgehead atoms. The first-order valence-corrected chi connectivity index (χ1v) is 10.1. The number of thiazole rings is 1. The van der Waals surface area contributed by atoms with Gasteiger partial charge in [0.05, 0.1) is 21.7 Å². The van der Waals surface area contributed by atoms with Crippen molar-refractivity contribution in [2.75, 3.05) is 22.5 Å². The van der Waals surface area contributed by atoms with Crippen molar-refractivity contribution < 1.29 is 27.5 Å². The van der Waals surface area contributed by atoms with Crippen LogP contribution in [0, 0.1) is 0 Å². The molecule has 1 aliphatic rings. The van der Waals surface area contributed by atoms with E-state index in [0.29, 0.717) is 15.9 Å². The fourth-order valence-corrected chi connectivity index (χ4v) is 4.63. The molecule has 0 fully saturated rings. The second-order valence-electron chi connectivity index (χ2n) is 5.98. The van der Waals surface area contributed by atoms with Crippen molar-refractivity contribution in [3.05, 3.63) is 42.5 Å². The number of amides is 2. The maximum absolute atomic E-state index is 12.4. The number of aromatic nitrogens is 1. The number of nitrogens with one attached hydrogen (secondary N) is 1. The molecule has 0 spiro atoms. The number of para-hydroxylation sites is 1. The predicted octanol–water partition coefficient (Wildman–Crippen LogP) is 4.27. The lowest BCUT2D eigenvalue weighted by Crippen LogP contribution is -2.41. The second kappa shape index (κ2) is 7.56. The third-order valence-corrected chi connectivity index (χ3v) is 5.93. The van der Waals surface area contributed by atoms with Gasteiger partial charge in [0.2, 0.25) is 11.8 Å². The number of hydrogen-bond donors (Lipinski definition) is 1. The van der Waals surface area contributed by atoms with Crippen LogP contribution in [0.25, 0.3) is 10.2 Å². The highest BCUT2D eigenvalue weighted by Crippen LogP contribution is 2.35. The molecule has 2 heterocycles. The van der Waals surface area contributed by atoms with Crippen LogP contribution in [-0.2, 0) is 9.59 Å². The zero-order valence-corrected chi connectivity index (χ0v) is 16.2. The molecule has 2 aromatic carbocycles. The van der Waals surface area contributed by atoms with E-state index >= 15 is 0 Å². The molecule has 1 aliphatic heterocycles. The number of carbonyl (C=O) groups is 2. The lowest BCUT2D eigenvalue weighted by molar-refractivity contribution is -0.274. The largest absolute Gasteiger partial charge is 0.573 e. The summed E-state index contributed by atoms with van der Waals surface area (Å²) < 4.78 is 41.4. The summed E-state index contributed by atoms with van der Waals surface area (Å²) in [7, 11) is 0. The number of anilines is 2. The Kier molecular flexibility index (Phi) is 5.09. The van der Waals surface area contributed by atoms with Gasteiger partial charge in [-0.15, -0.1) is 24.9 Å². The third kappa shape index (κ3) is 4.46. The normalized spacial score (nSPS) is 14.0. The Bertz CT molecular complexity index is 1100. The van der Waals surface area contributed by atoms with Crippen molar-refractivity contribution in [3.63, 3.8) is 0 Å². The summed E-state index contributed by atoms with van der Waals surface area (Å²) in [5.74, 6) is -0.750. The van der Waals surface area contributed by atoms with Crippen LogP contribution in [0.3, 0.4) is 0 Å². The monoisotopic (exact) mass is 439 g/mol. The van der Waals surface area contributed by atoms with E-state index in [1.54, 1.807) is 12.1 Å². The van der Waals surface area contributed by atoms with Crippen LogP contribution in [0.15, 0.2) is 47.4 Å². The van der Waals surface area contributed by atoms with Gasteiger partial charge in [-0.05, 0) is 24.3 Å². The van der Waals surface area contributed by atoms with Crippen LogP contribution in [0.5, 0.6) is 5.75 Å². The number of fused-ring (bicyclic) bond motifs is 2. The Morgan fingerprint density at radius 2 is 2.03 bits per heavy atom. The second-order valence-corrected chi connectivity index (χ2v) is 8.03. The molecule has 1 aromatic heterocycles. The predicted molar refractivity (Wildman–Crippen MR) is 104 cm³/mol. The van der Waals surface area contributed by atoms with E-state index in [1.807, 2.05) is 12.1 Å². The minimum absolute atomic E-state index is 0.179. The first kappa shape index (κ1) is 19.5. The van der Waals surface area contributed by atoms with Gasteiger partial charge in [-0.1, -0.05) is 23.5 Å². The van der Waals surface area contributed by atoms with E-state index < -0.39 is 12.3 Å². The highest BCUT2D eigenvalue weighted by Gasteiger charge is 2.31. The highest BCUT2D eigenvalue weighted by molar-refractivity contribution is 8.00. The van der Waals surface area contributed by atoms with Crippen molar-refractivity contribution in [1.29, 1.82) is 0 Å². The number of carbonyl (C=O) groups excluding carboxylic acids is 2. The summed E-state index contributed by atoms with van der Waals surface area (Å²) in [4.78, 5) is 31.2. The molecule has 2 amide bonds. The average molecular weight is 439 g/mol. The molecule has 0 aliphatic carbocycles. The summed E-state index contributed by atoms with van der Waals surface area (Å²) in [5, 5.41) is 2.83. The number of alkyl halides is 3. The van der Waals surface area contributed by atoms with E-state index in [1.165, 1.54) is 28.8 Å². The Hall–Kier alpha value is -2.79. The zero-order chi connectivity index (χ0) is 20.6. The molecular formula is C18H12F3N3O3S2. The molecule has 3 aromatic rings. The van der Waals surface area contributed by atoms with Crippen molar-refractivity contribution in [1.82, 2.24) is 4.98 Å². The molecule has 11 heteroatoms. The minimum atomic E-state index is -4.79. The summed E-state index contributed by atoms with van der Waals surface area (Å²) >= 11 is 2.43. The van der Waals surface area contributed by atoms with Crippen LogP contribution in [0.2, 0.25) is 0 Å². The standard InChI is InChI=1S/C18H12F3N3O3S2/c19-18(20,21)27-10-5-6-11-14(7-10)29-17(22-11)23-15(25)8-24-12-3-1-2-4-13(12)28-9-16(24)26/h1-7H,8-9H2,(H,22,23,25). The quantitative estimate of drug-likeness (QED) is 0.657. The number of halogens is 3. The molecule has 1 N–H and O–H groups in total. The summed E-state index contributed by atoms with van der Waals surface area (Å²) in [6, 6.07) is 11.0. The fourth-order valence-electron chi connectivity index (χ4n) is 2.79. The average Bonchev–Trinajstić information content (AvgIpc) is 3.04. The van der Waals surface area contributed by atoms with Crippen LogP contribution in [-0.4, -0.2) is 35.5 Å². The molecule has 4 rings (SSSR count). The SMILES string of the molecule is O=C(CN1C(=O)CSc2ccccc21)Nc1nc2ccc(OC(F)(F)F)cc2s1. The third-order valence-electron chi connectivity index (χ3n) is 3.95. The molecule has 0 saturated carbocycles. The van der Waals surface area contributed by atoms with Crippen molar-refractivity contribution in [3.8, 4) is 5.75 Å². The zero-order valence-electron chi connectivity index (χ0n) is 14.5. The molecule has 0 unspecified atom stereocenters. The minimum Gasteiger partial charge on any atom is -0.406 e. The number of rotatable bonds is 4. The maximum atomic E-state index is 12.4. The van der Waals surface area contributed by atoms with E-state index in [4.69, 9.17) is 0 Å². The molecule has 0 saturated heterocycles. The van der Waals surface area contributed by atoms with Gasteiger partial charge in [0.15, 0.2) is 5.13 Å². The molecule has 150 valence electrons.